The number of halogens is 1. The molecule has 32 heavy (non-hydrogen) atoms. The lowest BCUT2D eigenvalue weighted by Crippen LogP contribution is -2.35. The third-order valence-corrected chi connectivity index (χ3v) is 6.18. The molecule has 1 aliphatic carbocycles. The number of aromatic nitrogens is 2. The molecular formula is C27H26FN3O. The van der Waals surface area contributed by atoms with Crippen LogP contribution < -0.4 is 0 Å². The summed E-state index contributed by atoms with van der Waals surface area (Å²) in [5.41, 5.74) is 5.42. The van der Waals surface area contributed by atoms with Crippen molar-refractivity contribution in [1.29, 1.82) is 0 Å². The van der Waals surface area contributed by atoms with Gasteiger partial charge in [-0.1, -0.05) is 35.9 Å². The second kappa shape index (κ2) is 8.58. The minimum Gasteiger partial charge on any atom is -0.361 e. The van der Waals surface area contributed by atoms with Gasteiger partial charge < -0.3 is 9.88 Å². The normalized spacial score (nSPS) is 13.4. The highest BCUT2D eigenvalue weighted by Gasteiger charge is 2.29. The van der Waals surface area contributed by atoms with Crippen molar-refractivity contribution in [1.82, 2.24) is 14.9 Å². The Balaban J connectivity index is 1.42. The van der Waals surface area contributed by atoms with Gasteiger partial charge in [0.05, 0.1) is 0 Å². The van der Waals surface area contributed by atoms with Crippen LogP contribution in [0.4, 0.5) is 4.39 Å². The van der Waals surface area contributed by atoms with Crippen molar-refractivity contribution in [3.8, 4) is 11.1 Å². The van der Waals surface area contributed by atoms with Crippen molar-refractivity contribution in [3.63, 3.8) is 0 Å². The molecule has 0 radical (unpaired) electrons. The van der Waals surface area contributed by atoms with Crippen molar-refractivity contribution in [2.24, 2.45) is 5.92 Å². The fraction of sp³-hybridized carbons (Fsp3) is 0.259. The lowest BCUT2D eigenvalue weighted by Gasteiger charge is -2.23. The largest absolute Gasteiger partial charge is 0.361 e. The molecule has 5 rings (SSSR count). The van der Waals surface area contributed by atoms with Crippen molar-refractivity contribution >= 4 is 16.8 Å². The highest BCUT2D eigenvalue weighted by Crippen LogP contribution is 2.31. The maximum Gasteiger partial charge on any atom is 0.273 e. The number of H-pyrrole nitrogens is 1. The topological polar surface area (TPSA) is 49.0 Å². The molecule has 162 valence electrons. The summed E-state index contributed by atoms with van der Waals surface area (Å²) in [7, 11) is 0. The van der Waals surface area contributed by atoms with Gasteiger partial charge in [-0.3, -0.25) is 9.78 Å². The number of carbonyl (C=O) groups excluding carboxylic acids is 1. The second-order valence-corrected chi connectivity index (χ2v) is 8.72. The van der Waals surface area contributed by atoms with Crippen LogP contribution in [0.15, 0.2) is 67.0 Å². The summed E-state index contributed by atoms with van der Waals surface area (Å²) in [4.78, 5) is 23.3. The van der Waals surface area contributed by atoms with E-state index in [0.29, 0.717) is 24.6 Å². The van der Waals surface area contributed by atoms with Crippen LogP contribution in [-0.2, 0) is 6.42 Å². The Morgan fingerprint density at radius 2 is 2.03 bits per heavy atom. The van der Waals surface area contributed by atoms with Gasteiger partial charge in [0.15, 0.2) is 0 Å². The first-order valence-electron chi connectivity index (χ1n) is 11.2. The van der Waals surface area contributed by atoms with Gasteiger partial charge in [0, 0.05) is 41.9 Å². The van der Waals surface area contributed by atoms with Crippen LogP contribution in [0.25, 0.3) is 22.0 Å². The summed E-state index contributed by atoms with van der Waals surface area (Å²) < 4.78 is 13.8. The first kappa shape index (κ1) is 20.4. The van der Waals surface area contributed by atoms with Crippen LogP contribution in [0, 0.1) is 18.7 Å². The van der Waals surface area contributed by atoms with Gasteiger partial charge in [-0.25, -0.2) is 4.39 Å². The summed E-state index contributed by atoms with van der Waals surface area (Å²) in [5.74, 6) is 0.270. The molecule has 0 aliphatic heterocycles. The van der Waals surface area contributed by atoms with E-state index in [1.165, 1.54) is 6.07 Å². The van der Waals surface area contributed by atoms with E-state index < -0.39 is 0 Å². The Bertz CT molecular complexity index is 1270. The predicted molar refractivity (Wildman–Crippen MR) is 125 cm³/mol. The summed E-state index contributed by atoms with van der Waals surface area (Å²) in [5, 5.41) is 0.877. The molecule has 5 heteroatoms. The number of aromatic amines is 1. The molecule has 1 N–H and O–H groups in total. The first-order valence-corrected chi connectivity index (χ1v) is 11.2. The fourth-order valence-electron chi connectivity index (χ4n) is 4.27. The van der Waals surface area contributed by atoms with E-state index in [9.17, 15) is 9.18 Å². The summed E-state index contributed by atoms with van der Waals surface area (Å²) in [6.45, 7) is 3.35. The number of aryl methyl sites for hydroxylation is 1. The number of nitrogens with one attached hydrogen (secondary N) is 1. The molecule has 4 aromatic rings. The molecule has 2 heterocycles. The third kappa shape index (κ3) is 4.28. The highest BCUT2D eigenvalue weighted by molar-refractivity contribution is 5.99. The maximum atomic E-state index is 13.8. The molecular weight excluding hydrogens is 401 g/mol. The van der Waals surface area contributed by atoms with Crippen LogP contribution >= 0.6 is 0 Å². The molecule has 0 unspecified atom stereocenters. The van der Waals surface area contributed by atoms with Crippen molar-refractivity contribution in [3.05, 3.63) is 89.6 Å². The van der Waals surface area contributed by atoms with E-state index in [-0.39, 0.29) is 11.7 Å². The average molecular weight is 428 g/mol. The molecule has 0 bridgehead atoms. The Labute approximate surface area is 187 Å². The summed E-state index contributed by atoms with van der Waals surface area (Å²) in [6, 6.07) is 16.8. The number of hydrogen-bond acceptors (Lipinski definition) is 2. The van der Waals surface area contributed by atoms with E-state index >= 15 is 0 Å². The number of carbonyl (C=O) groups is 1. The minimum absolute atomic E-state index is 0.0416. The van der Waals surface area contributed by atoms with Crippen molar-refractivity contribution in [2.45, 2.75) is 26.2 Å². The monoisotopic (exact) mass is 427 g/mol. The lowest BCUT2D eigenvalue weighted by atomic mass is 10.0. The number of rotatable bonds is 7. The summed E-state index contributed by atoms with van der Waals surface area (Å²) >= 11 is 0. The number of pyridine rings is 1. The second-order valence-electron chi connectivity index (χ2n) is 8.72. The standard InChI is InChI=1S/C27H26FN3O/c1-18-4-2-5-20(14-18)23-6-3-12-29-26(23)27(32)31(17-19-7-8-19)13-11-21-16-30-25-10-9-22(28)15-24(21)25/h2-6,9-10,12,14-16,19,30H,7-8,11,13,17H2,1H3. The molecule has 4 nitrogen and oxygen atoms in total. The van der Waals surface area contributed by atoms with Gasteiger partial charge in [-0.15, -0.1) is 0 Å². The van der Waals surface area contributed by atoms with Crippen molar-refractivity contribution in [2.75, 3.05) is 13.1 Å². The molecule has 2 aromatic heterocycles. The fourth-order valence-corrected chi connectivity index (χ4v) is 4.27. The molecule has 1 saturated carbocycles. The SMILES string of the molecule is Cc1cccc(-c2cccnc2C(=O)N(CCc2c[nH]c3ccc(F)cc23)CC2CC2)c1. The van der Waals surface area contributed by atoms with Crippen molar-refractivity contribution < 1.29 is 9.18 Å². The molecule has 1 aliphatic rings. The van der Waals surface area contributed by atoms with E-state index in [4.69, 9.17) is 0 Å². The zero-order valence-electron chi connectivity index (χ0n) is 18.1. The van der Waals surface area contributed by atoms with Gasteiger partial charge in [-0.05, 0) is 67.5 Å². The number of hydrogen-bond donors (Lipinski definition) is 1. The van der Waals surface area contributed by atoms with E-state index in [2.05, 4.69) is 16.0 Å². The summed E-state index contributed by atoms with van der Waals surface area (Å²) in [6.07, 6.45) is 6.59. The van der Waals surface area contributed by atoms with Crippen LogP contribution in [0.2, 0.25) is 0 Å². The quantitative estimate of drug-likeness (QED) is 0.407. The van der Waals surface area contributed by atoms with Crippen LogP contribution in [-0.4, -0.2) is 33.9 Å². The zero-order chi connectivity index (χ0) is 22.1. The molecule has 0 atom stereocenters. The van der Waals surface area contributed by atoms with Gasteiger partial charge in [0.2, 0.25) is 0 Å². The maximum absolute atomic E-state index is 13.8. The molecule has 0 saturated heterocycles. The highest BCUT2D eigenvalue weighted by atomic mass is 19.1. The van der Waals surface area contributed by atoms with Gasteiger partial charge >= 0.3 is 0 Å². The van der Waals surface area contributed by atoms with Crippen LogP contribution in [0.5, 0.6) is 0 Å². The minimum atomic E-state index is -0.249. The zero-order valence-corrected chi connectivity index (χ0v) is 18.1. The first-order chi connectivity index (χ1) is 15.6. The molecule has 0 spiro atoms. The van der Waals surface area contributed by atoms with Gasteiger partial charge in [0.1, 0.15) is 11.5 Å². The van der Waals surface area contributed by atoms with E-state index in [1.807, 2.05) is 48.4 Å². The molecule has 1 fully saturated rings. The van der Waals surface area contributed by atoms with E-state index in [0.717, 1.165) is 52.5 Å². The Hall–Kier alpha value is -3.47. The van der Waals surface area contributed by atoms with Crippen LogP contribution in [0.3, 0.4) is 0 Å². The third-order valence-electron chi connectivity index (χ3n) is 6.18. The number of benzene rings is 2. The number of nitrogens with zero attached hydrogens (tertiary/aromatic N) is 2. The van der Waals surface area contributed by atoms with E-state index in [1.54, 1.807) is 18.3 Å². The molecule has 1 amide bonds. The Kier molecular flexibility index (Phi) is 5.48. The van der Waals surface area contributed by atoms with Crippen LogP contribution in [0.1, 0.15) is 34.5 Å². The number of fused-ring (bicyclic) bond motifs is 1. The lowest BCUT2D eigenvalue weighted by molar-refractivity contribution is 0.0744. The number of amides is 1. The smallest absolute Gasteiger partial charge is 0.273 e. The predicted octanol–water partition coefficient (Wildman–Crippen LogP) is 5.77. The Morgan fingerprint density at radius 1 is 1.16 bits per heavy atom. The molecule has 2 aromatic carbocycles. The van der Waals surface area contributed by atoms with Gasteiger partial charge in [0.25, 0.3) is 5.91 Å². The van der Waals surface area contributed by atoms with Gasteiger partial charge in [-0.2, -0.15) is 0 Å². The Morgan fingerprint density at radius 3 is 2.84 bits per heavy atom. The average Bonchev–Trinajstić information content (AvgIpc) is 3.54.